The fraction of sp³-hybridized carbons (Fsp3) is 0.455. The molecule has 2 aliphatic rings. The van der Waals surface area contributed by atoms with Gasteiger partial charge in [-0.3, -0.25) is 14.5 Å². The third kappa shape index (κ3) is 4.33. The molecule has 11 heteroatoms. The highest BCUT2D eigenvalue weighted by atomic mass is 32.2. The van der Waals surface area contributed by atoms with Gasteiger partial charge in [0.1, 0.15) is 5.82 Å². The lowest BCUT2D eigenvalue weighted by atomic mass is 9.83. The average molecular weight is 480 g/mol. The van der Waals surface area contributed by atoms with E-state index < -0.39 is 33.7 Å². The number of hydrogen-bond acceptors (Lipinski definition) is 7. The smallest absolute Gasteiger partial charge is 0.318 e. The Bertz CT molecular complexity index is 1230. The standard InChI is InChI=1S/C22H23F2N3O5S/c1-21(2)14-8-13(16(28)9-22(3)11-33(30,31)12-22)4-5-15(14)27(19(21)29)18-6-7-25-20(26-18)32-10-17(23)24/h4-8,17H,9-12H2,1-3H3. The Morgan fingerprint density at radius 3 is 2.55 bits per heavy atom. The Morgan fingerprint density at radius 1 is 1.21 bits per heavy atom. The van der Waals surface area contributed by atoms with Crippen molar-refractivity contribution in [3.63, 3.8) is 0 Å². The fourth-order valence-electron chi connectivity index (χ4n) is 4.41. The molecule has 0 radical (unpaired) electrons. The number of Topliss-reactive ketones (excluding diaryl/α,β-unsaturated/α-hetero) is 1. The topological polar surface area (TPSA) is 107 Å². The van der Waals surface area contributed by atoms with E-state index >= 15 is 0 Å². The van der Waals surface area contributed by atoms with Crippen LogP contribution in [-0.2, 0) is 20.0 Å². The van der Waals surface area contributed by atoms with Crippen molar-refractivity contribution < 1.29 is 31.5 Å². The van der Waals surface area contributed by atoms with Gasteiger partial charge in [0.05, 0.1) is 22.6 Å². The molecule has 33 heavy (non-hydrogen) atoms. The summed E-state index contributed by atoms with van der Waals surface area (Å²) in [6, 6.07) is 6.07. The first-order valence-corrected chi connectivity index (χ1v) is 12.1. The molecule has 1 aromatic carbocycles. The van der Waals surface area contributed by atoms with Crippen LogP contribution in [0.2, 0.25) is 0 Å². The molecule has 0 saturated carbocycles. The highest BCUT2D eigenvalue weighted by Gasteiger charge is 2.47. The zero-order valence-corrected chi connectivity index (χ0v) is 19.2. The number of alkyl halides is 2. The average Bonchev–Trinajstić information content (AvgIpc) is 2.90. The molecule has 0 unspecified atom stereocenters. The molecule has 2 aliphatic heterocycles. The molecule has 0 atom stereocenters. The maximum atomic E-state index is 13.3. The molecule has 1 saturated heterocycles. The monoisotopic (exact) mass is 479 g/mol. The van der Waals surface area contributed by atoms with Crippen LogP contribution in [0.4, 0.5) is 20.3 Å². The SMILES string of the molecule is CC1(CC(=O)c2ccc3c(c2)C(C)(C)C(=O)N3c2ccnc(OCC(F)F)n2)CS(=O)(=O)C1. The van der Waals surface area contributed by atoms with Crippen LogP contribution >= 0.6 is 0 Å². The minimum absolute atomic E-state index is 0.0158. The second-order valence-electron chi connectivity index (χ2n) is 9.34. The number of nitrogens with zero attached hydrogens (tertiary/aromatic N) is 3. The molecule has 3 heterocycles. The highest BCUT2D eigenvalue weighted by molar-refractivity contribution is 7.92. The highest BCUT2D eigenvalue weighted by Crippen LogP contribution is 2.46. The number of anilines is 2. The summed E-state index contributed by atoms with van der Waals surface area (Å²) < 4.78 is 52.9. The number of fused-ring (bicyclic) bond motifs is 1. The number of sulfone groups is 1. The van der Waals surface area contributed by atoms with E-state index in [-0.39, 0.29) is 41.4 Å². The molecule has 0 bridgehead atoms. The van der Waals surface area contributed by atoms with E-state index in [0.29, 0.717) is 16.8 Å². The molecule has 2 aromatic rings. The second-order valence-corrected chi connectivity index (χ2v) is 11.4. The van der Waals surface area contributed by atoms with Gasteiger partial charge in [0, 0.05) is 29.7 Å². The second kappa shape index (κ2) is 7.82. The summed E-state index contributed by atoms with van der Waals surface area (Å²) in [6.45, 7) is 4.35. The van der Waals surface area contributed by atoms with Gasteiger partial charge in [0.2, 0.25) is 5.91 Å². The molecule has 4 rings (SSSR count). The van der Waals surface area contributed by atoms with E-state index in [0.717, 1.165) is 0 Å². The molecule has 8 nitrogen and oxygen atoms in total. The number of aromatic nitrogens is 2. The quantitative estimate of drug-likeness (QED) is 0.562. The zero-order valence-electron chi connectivity index (χ0n) is 18.3. The molecule has 0 aliphatic carbocycles. The van der Waals surface area contributed by atoms with Gasteiger partial charge in [0.25, 0.3) is 6.43 Å². The minimum atomic E-state index is -3.07. The number of carbonyl (C=O) groups excluding carboxylic acids is 2. The van der Waals surface area contributed by atoms with Crippen LogP contribution in [0, 0.1) is 5.41 Å². The molecular weight excluding hydrogens is 456 g/mol. The van der Waals surface area contributed by atoms with Crippen LogP contribution in [0.15, 0.2) is 30.5 Å². The van der Waals surface area contributed by atoms with Crippen molar-refractivity contribution in [1.29, 1.82) is 0 Å². The van der Waals surface area contributed by atoms with Gasteiger partial charge in [-0.25, -0.2) is 22.2 Å². The summed E-state index contributed by atoms with van der Waals surface area (Å²) in [5.74, 6) is -0.368. The summed E-state index contributed by atoms with van der Waals surface area (Å²) >= 11 is 0. The maximum absolute atomic E-state index is 13.3. The van der Waals surface area contributed by atoms with Gasteiger partial charge >= 0.3 is 6.01 Å². The van der Waals surface area contributed by atoms with Crippen molar-refractivity contribution in [2.45, 2.75) is 39.0 Å². The number of carbonyl (C=O) groups is 2. The Morgan fingerprint density at radius 2 is 1.91 bits per heavy atom. The van der Waals surface area contributed by atoms with Crippen LogP contribution in [0.1, 0.15) is 43.1 Å². The largest absolute Gasteiger partial charge is 0.457 e. The number of halogens is 2. The van der Waals surface area contributed by atoms with Crippen LogP contribution < -0.4 is 9.64 Å². The van der Waals surface area contributed by atoms with Gasteiger partial charge < -0.3 is 4.74 Å². The van der Waals surface area contributed by atoms with Gasteiger partial charge in [-0.05, 0) is 37.6 Å². The van der Waals surface area contributed by atoms with Gasteiger partial charge in [-0.1, -0.05) is 6.92 Å². The van der Waals surface area contributed by atoms with Crippen molar-refractivity contribution in [3.8, 4) is 6.01 Å². The number of ketones is 1. The molecule has 176 valence electrons. The summed E-state index contributed by atoms with van der Waals surface area (Å²) in [7, 11) is -3.07. The Kier molecular flexibility index (Phi) is 5.50. The van der Waals surface area contributed by atoms with Crippen molar-refractivity contribution in [3.05, 3.63) is 41.6 Å². The summed E-state index contributed by atoms with van der Waals surface area (Å²) in [5.41, 5.74) is -0.0480. The van der Waals surface area contributed by atoms with E-state index in [1.807, 2.05) is 0 Å². The molecule has 0 N–H and O–H groups in total. The maximum Gasteiger partial charge on any atom is 0.318 e. The van der Waals surface area contributed by atoms with Crippen LogP contribution in [0.25, 0.3) is 0 Å². The van der Waals surface area contributed by atoms with Gasteiger partial charge in [-0.15, -0.1) is 0 Å². The fourth-order valence-corrected chi connectivity index (χ4v) is 6.65. The van der Waals surface area contributed by atoms with Crippen LogP contribution in [0.3, 0.4) is 0 Å². The number of hydrogen-bond donors (Lipinski definition) is 0. The van der Waals surface area contributed by atoms with E-state index in [4.69, 9.17) is 4.74 Å². The Labute approximate surface area is 189 Å². The third-order valence-corrected chi connectivity index (χ3v) is 8.15. The van der Waals surface area contributed by atoms with E-state index in [9.17, 15) is 26.8 Å². The van der Waals surface area contributed by atoms with Crippen LogP contribution in [0.5, 0.6) is 6.01 Å². The first kappa shape index (κ1) is 23.2. The summed E-state index contributed by atoms with van der Waals surface area (Å²) in [6.07, 6.45) is -1.28. The van der Waals surface area contributed by atoms with E-state index in [2.05, 4.69) is 9.97 Å². The third-order valence-electron chi connectivity index (χ3n) is 5.88. The minimum Gasteiger partial charge on any atom is -0.457 e. The molecule has 1 fully saturated rings. The number of amides is 1. The Balaban J connectivity index is 1.63. The lowest BCUT2D eigenvalue weighted by molar-refractivity contribution is -0.121. The van der Waals surface area contributed by atoms with E-state index in [1.54, 1.807) is 39.0 Å². The predicted octanol–water partition coefficient (Wildman–Crippen LogP) is 3.08. The van der Waals surface area contributed by atoms with Crippen molar-refractivity contribution >= 4 is 33.0 Å². The summed E-state index contributed by atoms with van der Waals surface area (Å²) in [4.78, 5) is 35.4. The lowest BCUT2D eigenvalue weighted by Gasteiger charge is -2.37. The number of rotatable bonds is 7. The molecule has 0 spiro atoms. The number of benzene rings is 1. The van der Waals surface area contributed by atoms with Gasteiger partial charge in [-0.2, -0.15) is 4.98 Å². The molecule has 1 aromatic heterocycles. The van der Waals surface area contributed by atoms with Crippen molar-refractivity contribution in [1.82, 2.24) is 9.97 Å². The summed E-state index contributed by atoms with van der Waals surface area (Å²) in [5, 5.41) is 0. The molecular formula is C22H23F2N3O5S. The van der Waals surface area contributed by atoms with Crippen LogP contribution in [-0.4, -0.2) is 54.6 Å². The number of ether oxygens (including phenoxy) is 1. The van der Waals surface area contributed by atoms with E-state index in [1.165, 1.54) is 17.2 Å². The van der Waals surface area contributed by atoms with Gasteiger partial charge in [0.15, 0.2) is 22.2 Å². The van der Waals surface area contributed by atoms with Crippen molar-refractivity contribution in [2.75, 3.05) is 23.0 Å². The first-order chi connectivity index (χ1) is 15.3. The predicted molar refractivity (Wildman–Crippen MR) is 116 cm³/mol. The van der Waals surface area contributed by atoms with Crippen molar-refractivity contribution in [2.24, 2.45) is 5.41 Å². The Hall–Kier alpha value is -2.95. The molecule has 1 amide bonds. The lowest BCUT2D eigenvalue weighted by Crippen LogP contribution is -2.47. The zero-order chi connectivity index (χ0) is 24.2. The first-order valence-electron chi connectivity index (χ1n) is 10.3. The normalized spacial score (nSPS) is 19.8.